The third-order valence-electron chi connectivity index (χ3n) is 4.45. The number of hydrogen-bond acceptors (Lipinski definition) is 3. The van der Waals surface area contributed by atoms with E-state index in [-0.39, 0.29) is 0 Å². The van der Waals surface area contributed by atoms with Crippen molar-refractivity contribution in [3.8, 4) is 0 Å². The maximum Gasteiger partial charge on any atom is 0.0244 e. The minimum atomic E-state index is 0.640. The molecule has 2 nitrogen and oxygen atoms in total. The summed E-state index contributed by atoms with van der Waals surface area (Å²) < 4.78 is 0. The monoisotopic (exact) mass is 306 g/mol. The van der Waals surface area contributed by atoms with E-state index in [9.17, 15) is 0 Å². The van der Waals surface area contributed by atoms with E-state index in [1.54, 1.807) is 0 Å². The molecule has 21 heavy (non-hydrogen) atoms. The Morgan fingerprint density at radius 2 is 1.86 bits per heavy atom. The van der Waals surface area contributed by atoms with Crippen LogP contribution in [0.15, 0.2) is 35.2 Å². The standard InChI is InChI=1S/C18H30N2S/c1-14(2)17-13-20(18(12-19-17)15(3)4)10-11-21-16-8-6-5-7-9-16/h5-9,14-15,17-19H,10-13H2,1-4H3. The summed E-state index contributed by atoms with van der Waals surface area (Å²) in [6, 6.07) is 12.1. The van der Waals surface area contributed by atoms with Crippen LogP contribution in [0.1, 0.15) is 27.7 Å². The molecule has 1 aromatic rings. The first kappa shape index (κ1) is 16.9. The van der Waals surface area contributed by atoms with E-state index >= 15 is 0 Å². The van der Waals surface area contributed by atoms with Gasteiger partial charge in [-0.15, -0.1) is 11.8 Å². The van der Waals surface area contributed by atoms with Gasteiger partial charge in [-0.3, -0.25) is 4.90 Å². The molecular weight excluding hydrogens is 276 g/mol. The van der Waals surface area contributed by atoms with Crippen LogP contribution in [0.3, 0.4) is 0 Å². The Morgan fingerprint density at radius 3 is 2.48 bits per heavy atom. The van der Waals surface area contributed by atoms with Gasteiger partial charge in [0, 0.05) is 42.4 Å². The number of nitrogens with zero attached hydrogens (tertiary/aromatic N) is 1. The van der Waals surface area contributed by atoms with Crippen molar-refractivity contribution in [2.24, 2.45) is 11.8 Å². The summed E-state index contributed by atoms with van der Waals surface area (Å²) in [7, 11) is 0. The highest BCUT2D eigenvalue weighted by atomic mass is 32.2. The predicted molar refractivity (Wildman–Crippen MR) is 94.0 cm³/mol. The van der Waals surface area contributed by atoms with Crippen LogP contribution < -0.4 is 5.32 Å². The molecule has 118 valence electrons. The Balaban J connectivity index is 1.87. The van der Waals surface area contributed by atoms with Crippen LogP contribution in [0.4, 0.5) is 0 Å². The zero-order valence-electron chi connectivity index (χ0n) is 13.9. The Bertz CT molecular complexity index is 405. The molecule has 1 fully saturated rings. The molecule has 1 N–H and O–H groups in total. The van der Waals surface area contributed by atoms with E-state index in [0.29, 0.717) is 23.9 Å². The van der Waals surface area contributed by atoms with Crippen molar-refractivity contribution in [3.63, 3.8) is 0 Å². The molecule has 1 aliphatic heterocycles. The van der Waals surface area contributed by atoms with Gasteiger partial charge in [-0.25, -0.2) is 0 Å². The molecule has 1 aliphatic rings. The van der Waals surface area contributed by atoms with E-state index in [2.05, 4.69) is 68.2 Å². The highest BCUT2D eigenvalue weighted by Gasteiger charge is 2.30. The van der Waals surface area contributed by atoms with Crippen LogP contribution in [-0.4, -0.2) is 42.4 Å². The average Bonchev–Trinajstić information content (AvgIpc) is 2.48. The summed E-state index contributed by atoms with van der Waals surface area (Å²) in [6.07, 6.45) is 0. The fourth-order valence-electron chi connectivity index (χ4n) is 3.01. The number of nitrogens with one attached hydrogen (secondary N) is 1. The Morgan fingerprint density at radius 1 is 1.14 bits per heavy atom. The van der Waals surface area contributed by atoms with Crippen LogP contribution in [0, 0.1) is 11.8 Å². The maximum absolute atomic E-state index is 3.74. The average molecular weight is 307 g/mol. The predicted octanol–water partition coefficient (Wildman–Crippen LogP) is 3.73. The third kappa shape index (κ3) is 5.01. The molecular formula is C18H30N2S. The summed E-state index contributed by atoms with van der Waals surface area (Å²) in [6.45, 7) is 12.9. The topological polar surface area (TPSA) is 15.3 Å². The molecule has 0 aliphatic carbocycles. The van der Waals surface area contributed by atoms with Gasteiger partial charge in [-0.05, 0) is 24.0 Å². The molecule has 1 heterocycles. The lowest BCUT2D eigenvalue weighted by atomic mass is 9.94. The second-order valence-corrected chi connectivity index (χ2v) is 7.89. The fourth-order valence-corrected chi connectivity index (χ4v) is 3.92. The van der Waals surface area contributed by atoms with Crippen LogP contribution in [-0.2, 0) is 0 Å². The van der Waals surface area contributed by atoms with Gasteiger partial charge < -0.3 is 5.32 Å². The van der Waals surface area contributed by atoms with Gasteiger partial charge in [0.1, 0.15) is 0 Å². The number of benzene rings is 1. The highest BCUT2D eigenvalue weighted by Crippen LogP contribution is 2.21. The Kier molecular flexibility index (Phi) is 6.59. The molecule has 1 saturated heterocycles. The van der Waals surface area contributed by atoms with Crippen molar-refractivity contribution in [1.29, 1.82) is 0 Å². The van der Waals surface area contributed by atoms with Crippen molar-refractivity contribution < 1.29 is 0 Å². The zero-order chi connectivity index (χ0) is 15.2. The molecule has 1 aromatic carbocycles. The van der Waals surface area contributed by atoms with Gasteiger partial charge in [-0.2, -0.15) is 0 Å². The summed E-state index contributed by atoms with van der Waals surface area (Å²) in [5, 5.41) is 3.74. The third-order valence-corrected chi connectivity index (χ3v) is 5.45. The molecule has 0 saturated carbocycles. The lowest BCUT2D eigenvalue weighted by Crippen LogP contribution is -2.60. The van der Waals surface area contributed by atoms with Crippen LogP contribution >= 0.6 is 11.8 Å². The summed E-state index contributed by atoms with van der Waals surface area (Å²) in [5.41, 5.74) is 0. The van der Waals surface area contributed by atoms with Crippen molar-refractivity contribution >= 4 is 11.8 Å². The molecule has 0 spiro atoms. The molecule has 0 bridgehead atoms. The van der Waals surface area contributed by atoms with Crippen LogP contribution in [0.25, 0.3) is 0 Å². The SMILES string of the molecule is CC(C)C1CN(CCSc2ccccc2)C(C(C)C)CN1. The first-order chi connectivity index (χ1) is 10.1. The number of thioether (sulfide) groups is 1. The molecule has 2 rings (SSSR count). The highest BCUT2D eigenvalue weighted by molar-refractivity contribution is 7.99. The number of rotatable bonds is 6. The summed E-state index contributed by atoms with van der Waals surface area (Å²) in [5.74, 6) is 2.60. The van der Waals surface area contributed by atoms with E-state index in [4.69, 9.17) is 0 Å². The molecule has 0 aromatic heterocycles. The van der Waals surface area contributed by atoms with Gasteiger partial charge in [0.05, 0.1) is 0 Å². The Hall–Kier alpha value is -0.510. The normalized spacial score (nSPS) is 23.9. The van der Waals surface area contributed by atoms with E-state index < -0.39 is 0 Å². The first-order valence-corrected chi connectivity index (χ1v) is 9.21. The van der Waals surface area contributed by atoms with Crippen molar-refractivity contribution in [2.45, 2.75) is 44.7 Å². The number of hydrogen-bond donors (Lipinski definition) is 1. The summed E-state index contributed by atoms with van der Waals surface area (Å²) >= 11 is 1.98. The maximum atomic E-state index is 3.74. The molecule has 2 atom stereocenters. The lowest BCUT2D eigenvalue weighted by molar-refractivity contribution is 0.0918. The fraction of sp³-hybridized carbons (Fsp3) is 0.667. The molecule has 0 radical (unpaired) electrons. The van der Waals surface area contributed by atoms with Gasteiger partial charge >= 0.3 is 0 Å². The minimum absolute atomic E-state index is 0.640. The second kappa shape index (κ2) is 8.21. The molecule has 3 heteroatoms. The summed E-state index contributed by atoms with van der Waals surface area (Å²) in [4.78, 5) is 4.09. The van der Waals surface area contributed by atoms with Crippen molar-refractivity contribution in [1.82, 2.24) is 10.2 Å². The quantitative estimate of drug-likeness (QED) is 0.806. The second-order valence-electron chi connectivity index (χ2n) is 6.73. The van der Waals surface area contributed by atoms with Gasteiger partial charge in [0.2, 0.25) is 0 Å². The van der Waals surface area contributed by atoms with E-state index in [0.717, 1.165) is 6.54 Å². The smallest absolute Gasteiger partial charge is 0.0244 e. The molecule has 2 unspecified atom stereocenters. The Labute approximate surface area is 134 Å². The van der Waals surface area contributed by atoms with Crippen molar-refractivity contribution in [2.75, 3.05) is 25.4 Å². The zero-order valence-corrected chi connectivity index (χ0v) is 14.7. The van der Waals surface area contributed by atoms with Crippen LogP contribution in [0.5, 0.6) is 0 Å². The molecule has 0 amide bonds. The largest absolute Gasteiger partial charge is 0.311 e. The van der Waals surface area contributed by atoms with Gasteiger partial charge in [-0.1, -0.05) is 45.9 Å². The van der Waals surface area contributed by atoms with E-state index in [1.807, 2.05) is 11.8 Å². The van der Waals surface area contributed by atoms with Gasteiger partial charge in [0.25, 0.3) is 0 Å². The van der Waals surface area contributed by atoms with Crippen molar-refractivity contribution in [3.05, 3.63) is 30.3 Å². The first-order valence-electron chi connectivity index (χ1n) is 8.23. The van der Waals surface area contributed by atoms with E-state index in [1.165, 1.54) is 23.7 Å². The van der Waals surface area contributed by atoms with Crippen LogP contribution in [0.2, 0.25) is 0 Å². The number of piperazine rings is 1. The minimum Gasteiger partial charge on any atom is -0.311 e. The van der Waals surface area contributed by atoms with Gasteiger partial charge in [0.15, 0.2) is 0 Å². The lowest BCUT2D eigenvalue weighted by Gasteiger charge is -2.43.